The predicted molar refractivity (Wildman–Crippen MR) is 163 cm³/mol. The Morgan fingerprint density at radius 3 is 0.682 bits per heavy atom. The van der Waals surface area contributed by atoms with Crippen LogP contribution in [0.1, 0.15) is 77.0 Å². The summed E-state index contributed by atoms with van der Waals surface area (Å²) in [5.41, 5.74) is 0. The van der Waals surface area contributed by atoms with Crippen molar-refractivity contribution in [3.05, 3.63) is 0 Å². The van der Waals surface area contributed by atoms with Gasteiger partial charge in [-0.15, -0.1) is 0 Å². The molecule has 248 valence electrons. The zero-order valence-corrected chi connectivity index (χ0v) is 25.8. The molecular weight excluding hydrogens is 560 g/mol. The van der Waals surface area contributed by atoms with Crippen molar-refractivity contribution < 1.29 is 20.4 Å². The molecule has 0 aromatic heterocycles. The molecule has 8 bridgehead atoms. The number of nitrogens with one attached hydrogen (secondary N) is 8. The van der Waals surface area contributed by atoms with Crippen molar-refractivity contribution in [1.82, 2.24) is 42.5 Å². The summed E-state index contributed by atoms with van der Waals surface area (Å²) in [6, 6.07) is 0. The first kappa shape index (κ1) is 29.6. The molecule has 4 saturated carbocycles. The molecule has 4 aliphatic carbocycles. The lowest BCUT2D eigenvalue weighted by Gasteiger charge is -2.39. The molecular formula is C32H56N8O4. The van der Waals surface area contributed by atoms with Gasteiger partial charge in [0.1, 0.15) is 0 Å². The summed E-state index contributed by atoms with van der Waals surface area (Å²) >= 11 is 0. The van der Waals surface area contributed by atoms with Crippen LogP contribution in [0.2, 0.25) is 0 Å². The fourth-order valence-corrected chi connectivity index (χ4v) is 12.2. The molecule has 0 spiro atoms. The van der Waals surface area contributed by atoms with Gasteiger partial charge in [0, 0.05) is 23.7 Å². The molecule has 0 amide bonds. The number of hydrogen-bond acceptors (Lipinski definition) is 12. The van der Waals surface area contributed by atoms with E-state index in [2.05, 4.69) is 42.5 Å². The molecule has 12 nitrogen and oxygen atoms in total. The maximum atomic E-state index is 11.4. The largest absolute Gasteiger partial charge is 0.393 e. The third-order valence-corrected chi connectivity index (χ3v) is 14.0. The minimum absolute atomic E-state index is 0.0213. The van der Waals surface area contributed by atoms with E-state index in [1.807, 2.05) is 0 Å². The second kappa shape index (κ2) is 11.6. The van der Waals surface area contributed by atoms with Gasteiger partial charge in [0.15, 0.2) is 0 Å². The zero-order valence-electron chi connectivity index (χ0n) is 25.8. The average Bonchev–Trinajstić information content (AvgIpc) is 3.74. The molecule has 0 radical (unpaired) electrons. The van der Waals surface area contributed by atoms with Crippen LogP contribution in [-0.2, 0) is 0 Å². The van der Waals surface area contributed by atoms with E-state index in [1.165, 1.54) is 0 Å². The summed E-state index contributed by atoms with van der Waals surface area (Å²) in [6.07, 6.45) is 10.2. The average molecular weight is 617 g/mol. The van der Waals surface area contributed by atoms with Crippen molar-refractivity contribution in [2.24, 2.45) is 47.3 Å². The topological polar surface area (TPSA) is 177 Å². The lowest BCUT2D eigenvalue weighted by Crippen LogP contribution is -2.62. The molecule has 5 saturated heterocycles. The minimum Gasteiger partial charge on any atom is -0.393 e. The van der Waals surface area contributed by atoms with Gasteiger partial charge in [-0.25, -0.2) is 0 Å². The molecule has 0 aromatic rings. The summed E-state index contributed by atoms with van der Waals surface area (Å²) in [7, 11) is 0. The van der Waals surface area contributed by atoms with Crippen molar-refractivity contribution in [1.29, 1.82) is 0 Å². The van der Waals surface area contributed by atoms with Gasteiger partial charge in [0.05, 0.1) is 73.7 Å². The monoisotopic (exact) mass is 616 g/mol. The highest BCUT2D eigenvalue weighted by Crippen LogP contribution is 2.46. The molecule has 0 aromatic carbocycles. The third-order valence-electron chi connectivity index (χ3n) is 14.0. The number of rotatable bonds is 0. The smallest absolute Gasteiger partial charge is 0.0653 e. The van der Waals surface area contributed by atoms with Crippen LogP contribution in [0, 0.1) is 47.3 Å². The SMILES string of the molecule is OC1CCCC2C3NC(NC4NC(NC5NC(NC6NC(N3)C3C(O)CCCC63)C3C(O)CCCC53)C3C(O)CCCC43)C12. The second-order valence-corrected chi connectivity index (χ2v) is 16.1. The molecule has 9 fully saturated rings. The summed E-state index contributed by atoms with van der Waals surface area (Å²) in [6.45, 7) is 0. The first-order chi connectivity index (χ1) is 21.4. The van der Waals surface area contributed by atoms with Crippen LogP contribution in [0.5, 0.6) is 0 Å². The summed E-state index contributed by atoms with van der Waals surface area (Å²) in [5, 5.41) is 77.0. The maximum Gasteiger partial charge on any atom is 0.0653 e. The van der Waals surface area contributed by atoms with Crippen LogP contribution in [0.4, 0.5) is 0 Å². The van der Waals surface area contributed by atoms with E-state index >= 15 is 0 Å². The Morgan fingerprint density at radius 2 is 0.477 bits per heavy atom. The number of aliphatic hydroxyl groups excluding tert-OH is 4. The van der Waals surface area contributed by atoms with Gasteiger partial charge in [-0.05, 0) is 75.0 Å². The van der Waals surface area contributed by atoms with Crippen LogP contribution in [-0.4, -0.2) is 94.2 Å². The minimum atomic E-state index is -0.357. The van der Waals surface area contributed by atoms with Gasteiger partial charge in [-0.2, -0.15) is 0 Å². The molecule has 12 heteroatoms. The summed E-state index contributed by atoms with van der Waals surface area (Å²) in [5.74, 6) is 1.56. The first-order valence-corrected chi connectivity index (χ1v) is 18.3. The summed E-state index contributed by atoms with van der Waals surface area (Å²) in [4.78, 5) is 0. The van der Waals surface area contributed by atoms with E-state index in [1.54, 1.807) is 0 Å². The molecule has 12 atom stereocenters. The fraction of sp³-hybridized carbons (Fsp3) is 1.00. The lowest BCUT2D eigenvalue weighted by atomic mass is 9.74. The van der Waals surface area contributed by atoms with E-state index in [0.29, 0.717) is 23.7 Å². The van der Waals surface area contributed by atoms with Gasteiger partial charge in [0.25, 0.3) is 0 Å². The van der Waals surface area contributed by atoms with Crippen LogP contribution >= 0.6 is 0 Å². The predicted octanol–water partition coefficient (Wildman–Crippen LogP) is -1.51. The quantitative estimate of drug-likeness (QED) is 0.152. The van der Waals surface area contributed by atoms with E-state index in [9.17, 15) is 20.4 Å². The highest BCUT2D eigenvalue weighted by atomic mass is 16.3. The number of aliphatic hydroxyl groups is 4. The fourth-order valence-electron chi connectivity index (χ4n) is 12.2. The van der Waals surface area contributed by atoms with Crippen molar-refractivity contribution in [3.8, 4) is 0 Å². The van der Waals surface area contributed by atoms with Crippen LogP contribution in [0.15, 0.2) is 0 Å². The van der Waals surface area contributed by atoms with Gasteiger partial charge >= 0.3 is 0 Å². The van der Waals surface area contributed by atoms with Gasteiger partial charge in [-0.3, -0.25) is 42.5 Å². The van der Waals surface area contributed by atoms with Gasteiger partial charge < -0.3 is 20.4 Å². The van der Waals surface area contributed by atoms with Crippen molar-refractivity contribution in [2.75, 3.05) is 0 Å². The Balaban J connectivity index is 1.08. The Bertz CT molecular complexity index is 900. The maximum absolute atomic E-state index is 11.4. The van der Waals surface area contributed by atoms with Crippen molar-refractivity contribution in [2.45, 2.75) is 151 Å². The van der Waals surface area contributed by atoms with E-state index in [-0.39, 0.29) is 97.4 Å². The zero-order chi connectivity index (χ0) is 29.7. The standard InChI is InChI=1S/C32H56N8O4/c41-17-9-1-5-13-21(17)29-33-25(13)37-30-22-14(6-2-10-18(22)42)27(34-30)39-32-24-16(8-4-12-20(24)44)28(36-32)40-31-23-15(26(35-31)38-29)7-3-11-19(23)43/h13-44H,1-12H2. The van der Waals surface area contributed by atoms with Crippen molar-refractivity contribution in [3.63, 3.8) is 0 Å². The Hall–Kier alpha value is -0.480. The highest BCUT2D eigenvalue weighted by Gasteiger charge is 2.57. The van der Waals surface area contributed by atoms with E-state index < -0.39 is 0 Å². The Labute approximate surface area is 261 Å². The molecule has 12 N–H and O–H groups in total. The molecule has 9 aliphatic rings. The lowest BCUT2D eigenvalue weighted by molar-refractivity contribution is 0.00781. The second-order valence-electron chi connectivity index (χ2n) is 16.1. The van der Waals surface area contributed by atoms with E-state index in [0.717, 1.165) is 77.0 Å². The van der Waals surface area contributed by atoms with E-state index in [4.69, 9.17) is 0 Å². The third kappa shape index (κ3) is 4.77. The highest BCUT2D eigenvalue weighted by molar-refractivity contribution is 5.11. The van der Waals surface area contributed by atoms with Gasteiger partial charge in [0.2, 0.25) is 0 Å². The normalized spacial score (nSPS) is 60.3. The summed E-state index contributed by atoms with van der Waals surface area (Å²) < 4.78 is 0. The van der Waals surface area contributed by atoms with Gasteiger partial charge in [-0.1, -0.05) is 25.7 Å². The molecule has 44 heavy (non-hydrogen) atoms. The molecule has 5 aliphatic heterocycles. The molecule has 5 heterocycles. The molecule has 12 unspecified atom stereocenters. The van der Waals surface area contributed by atoms with Crippen LogP contribution < -0.4 is 42.5 Å². The Kier molecular flexibility index (Phi) is 7.81. The Morgan fingerprint density at radius 1 is 0.273 bits per heavy atom. The first-order valence-electron chi connectivity index (χ1n) is 18.3. The van der Waals surface area contributed by atoms with Crippen LogP contribution in [0.25, 0.3) is 0 Å². The number of hydrogen-bond donors (Lipinski definition) is 12. The van der Waals surface area contributed by atoms with Crippen molar-refractivity contribution >= 4 is 0 Å². The molecule has 9 rings (SSSR count). The number of fused-ring (bicyclic) bond motifs is 20. The van der Waals surface area contributed by atoms with Crippen LogP contribution in [0.3, 0.4) is 0 Å².